The Labute approximate surface area is 90.8 Å². The van der Waals surface area contributed by atoms with Crippen LogP contribution in [0.5, 0.6) is 0 Å². The Kier molecular flexibility index (Phi) is 3.38. The van der Waals surface area contributed by atoms with Crippen LogP contribution in [0.15, 0.2) is 12.5 Å². The Morgan fingerprint density at radius 2 is 2.33 bits per heavy atom. The van der Waals surface area contributed by atoms with Gasteiger partial charge >= 0.3 is 0 Å². The molecule has 84 valence electrons. The molecule has 1 unspecified atom stereocenters. The van der Waals surface area contributed by atoms with Gasteiger partial charge in [-0.15, -0.1) is 0 Å². The minimum atomic E-state index is 0.251. The number of hydrogen-bond acceptors (Lipinski definition) is 3. The third-order valence-electron chi connectivity index (χ3n) is 3.46. The van der Waals surface area contributed by atoms with E-state index in [4.69, 9.17) is 5.84 Å². The van der Waals surface area contributed by atoms with Crippen LogP contribution in [0.3, 0.4) is 0 Å². The standard InChI is InChI=1S/C11H20N4/c1-15-8-13-7-11(15)10(14-12)6-9-4-2-3-5-9/h7-10,14H,2-6,12H2,1H3. The van der Waals surface area contributed by atoms with E-state index in [1.807, 2.05) is 24.1 Å². The summed E-state index contributed by atoms with van der Waals surface area (Å²) >= 11 is 0. The molecule has 4 nitrogen and oxygen atoms in total. The molecular weight excluding hydrogens is 188 g/mol. The van der Waals surface area contributed by atoms with Crippen LogP contribution in [0.2, 0.25) is 0 Å². The molecule has 1 fully saturated rings. The fourth-order valence-corrected chi connectivity index (χ4v) is 2.56. The summed E-state index contributed by atoms with van der Waals surface area (Å²) in [6.45, 7) is 0. The summed E-state index contributed by atoms with van der Waals surface area (Å²) in [4.78, 5) is 4.13. The Hall–Kier alpha value is -0.870. The molecule has 1 atom stereocenters. The first-order valence-corrected chi connectivity index (χ1v) is 5.73. The van der Waals surface area contributed by atoms with Crippen LogP contribution in [0.25, 0.3) is 0 Å². The minimum absolute atomic E-state index is 0.251. The Morgan fingerprint density at radius 3 is 2.87 bits per heavy atom. The second-order valence-corrected chi connectivity index (χ2v) is 4.53. The Morgan fingerprint density at radius 1 is 1.60 bits per heavy atom. The zero-order valence-electron chi connectivity index (χ0n) is 9.32. The molecule has 0 saturated heterocycles. The van der Waals surface area contributed by atoms with Crippen molar-refractivity contribution in [1.82, 2.24) is 15.0 Å². The highest BCUT2D eigenvalue weighted by atomic mass is 15.2. The van der Waals surface area contributed by atoms with Gasteiger partial charge in [-0.1, -0.05) is 25.7 Å². The second kappa shape index (κ2) is 4.77. The summed E-state index contributed by atoms with van der Waals surface area (Å²) in [6.07, 6.45) is 10.3. The van der Waals surface area contributed by atoms with Crippen LogP contribution >= 0.6 is 0 Å². The summed E-state index contributed by atoms with van der Waals surface area (Å²) in [5.41, 5.74) is 4.10. The molecule has 1 heterocycles. The maximum Gasteiger partial charge on any atom is 0.0946 e. The molecule has 0 aromatic carbocycles. The first-order valence-electron chi connectivity index (χ1n) is 5.73. The molecule has 0 spiro atoms. The summed E-state index contributed by atoms with van der Waals surface area (Å²) in [6, 6.07) is 0.251. The van der Waals surface area contributed by atoms with E-state index in [1.165, 1.54) is 31.4 Å². The second-order valence-electron chi connectivity index (χ2n) is 4.53. The summed E-state index contributed by atoms with van der Waals surface area (Å²) in [5.74, 6) is 6.45. The van der Waals surface area contributed by atoms with Crippen LogP contribution in [0.1, 0.15) is 43.8 Å². The number of hydrogen-bond donors (Lipinski definition) is 2. The van der Waals surface area contributed by atoms with Crippen molar-refractivity contribution >= 4 is 0 Å². The van der Waals surface area contributed by atoms with Crippen LogP contribution in [0, 0.1) is 5.92 Å². The molecule has 1 aliphatic carbocycles. The van der Waals surface area contributed by atoms with Crippen molar-refractivity contribution in [2.45, 2.75) is 38.1 Å². The van der Waals surface area contributed by atoms with Gasteiger partial charge in [-0.3, -0.25) is 11.3 Å². The van der Waals surface area contributed by atoms with E-state index in [-0.39, 0.29) is 6.04 Å². The van der Waals surface area contributed by atoms with Gasteiger partial charge in [0, 0.05) is 13.2 Å². The van der Waals surface area contributed by atoms with E-state index in [2.05, 4.69) is 10.4 Å². The summed E-state index contributed by atoms with van der Waals surface area (Å²) in [7, 11) is 2.02. The number of hydrazine groups is 1. The molecule has 3 N–H and O–H groups in total. The molecule has 4 heteroatoms. The smallest absolute Gasteiger partial charge is 0.0946 e. The molecule has 15 heavy (non-hydrogen) atoms. The third kappa shape index (κ3) is 2.38. The van der Waals surface area contributed by atoms with Crippen molar-refractivity contribution in [3.8, 4) is 0 Å². The fourth-order valence-electron chi connectivity index (χ4n) is 2.56. The molecule has 1 aromatic heterocycles. The topological polar surface area (TPSA) is 55.9 Å². The predicted octanol–water partition coefficient (Wildman–Crippen LogP) is 1.50. The number of nitrogens with two attached hydrogens (primary N) is 1. The van der Waals surface area contributed by atoms with Gasteiger partial charge in [-0.2, -0.15) is 0 Å². The zero-order valence-corrected chi connectivity index (χ0v) is 9.32. The van der Waals surface area contributed by atoms with Crippen LogP contribution < -0.4 is 11.3 Å². The van der Waals surface area contributed by atoms with Crippen molar-refractivity contribution in [2.75, 3.05) is 0 Å². The lowest BCUT2D eigenvalue weighted by Crippen LogP contribution is -2.30. The number of rotatable bonds is 4. The van der Waals surface area contributed by atoms with E-state index in [9.17, 15) is 0 Å². The first kappa shape index (κ1) is 10.6. The largest absolute Gasteiger partial charge is 0.336 e. The molecule has 0 amide bonds. The molecule has 0 aliphatic heterocycles. The average molecular weight is 208 g/mol. The van der Waals surface area contributed by atoms with Gasteiger partial charge in [0.1, 0.15) is 0 Å². The van der Waals surface area contributed by atoms with Crippen LogP contribution in [-0.2, 0) is 7.05 Å². The maximum absolute atomic E-state index is 5.62. The normalized spacial score (nSPS) is 19.6. The van der Waals surface area contributed by atoms with E-state index in [1.54, 1.807) is 0 Å². The quantitative estimate of drug-likeness (QED) is 0.582. The van der Waals surface area contributed by atoms with Crippen molar-refractivity contribution in [1.29, 1.82) is 0 Å². The number of aryl methyl sites for hydroxylation is 1. The number of imidazole rings is 1. The van der Waals surface area contributed by atoms with Gasteiger partial charge < -0.3 is 4.57 Å². The van der Waals surface area contributed by atoms with Gasteiger partial charge in [-0.05, 0) is 12.3 Å². The molecule has 1 saturated carbocycles. The lowest BCUT2D eigenvalue weighted by molar-refractivity contribution is 0.388. The Balaban J connectivity index is 2.00. The Bertz CT molecular complexity index is 301. The van der Waals surface area contributed by atoms with Crippen LogP contribution in [-0.4, -0.2) is 9.55 Å². The fraction of sp³-hybridized carbons (Fsp3) is 0.727. The lowest BCUT2D eigenvalue weighted by atomic mass is 9.97. The highest BCUT2D eigenvalue weighted by molar-refractivity contribution is 5.04. The molecular formula is C11H20N4. The first-order chi connectivity index (χ1) is 7.31. The average Bonchev–Trinajstić information content (AvgIpc) is 2.85. The van der Waals surface area contributed by atoms with E-state index < -0.39 is 0 Å². The van der Waals surface area contributed by atoms with Crippen molar-refractivity contribution in [3.63, 3.8) is 0 Å². The number of aromatic nitrogens is 2. The number of nitrogens with one attached hydrogen (secondary N) is 1. The monoisotopic (exact) mass is 208 g/mol. The zero-order chi connectivity index (χ0) is 10.7. The summed E-state index contributed by atoms with van der Waals surface area (Å²) in [5, 5.41) is 0. The number of nitrogens with zero attached hydrogens (tertiary/aromatic N) is 2. The lowest BCUT2D eigenvalue weighted by Gasteiger charge is -2.19. The van der Waals surface area contributed by atoms with Gasteiger partial charge in [0.15, 0.2) is 0 Å². The SMILES string of the molecule is Cn1cncc1C(CC1CCCC1)NN. The molecule has 1 aromatic rings. The van der Waals surface area contributed by atoms with Crippen molar-refractivity contribution < 1.29 is 0 Å². The third-order valence-corrected chi connectivity index (χ3v) is 3.46. The molecule has 0 radical (unpaired) electrons. The van der Waals surface area contributed by atoms with E-state index >= 15 is 0 Å². The maximum atomic E-state index is 5.62. The van der Waals surface area contributed by atoms with Crippen molar-refractivity contribution in [2.24, 2.45) is 18.8 Å². The van der Waals surface area contributed by atoms with Gasteiger partial charge in [0.25, 0.3) is 0 Å². The van der Waals surface area contributed by atoms with E-state index in [0.717, 1.165) is 12.3 Å². The summed E-state index contributed by atoms with van der Waals surface area (Å²) < 4.78 is 2.04. The molecule has 0 bridgehead atoms. The minimum Gasteiger partial charge on any atom is -0.336 e. The molecule has 1 aliphatic rings. The highest BCUT2D eigenvalue weighted by Gasteiger charge is 2.21. The van der Waals surface area contributed by atoms with Crippen LogP contribution in [0.4, 0.5) is 0 Å². The highest BCUT2D eigenvalue weighted by Crippen LogP contribution is 2.32. The van der Waals surface area contributed by atoms with Gasteiger partial charge in [0.05, 0.1) is 18.1 Å². The van der Waals surface area contributed by atoms with Gasteiger partial charge in [0.2, 0.25) is 0 Å². The predicted molar refractivity (Wildman–Crippen MR) is 59.8 cm³/mol. The van der Waals surface area contributed by atoms with Gasteiger partial charge in [-0.25, -0.2) is 4.98 Å². The van der Waals surface area contributed by atoms with Crippen molar-refractivity contribution in [3.05, 3.63) is 18.2 Å². The molecule has 2 rings (SSSR count). The van der Waals surface area contributed by atoms with E-state index in [0.29, 0.717) is 0 Å².